The Kier molecular flexibility index (Phi) is 4.50. The molecule has 0 radical (unpaired) electrons. The Labute approximate surface area is 151 Å². The first kappa shape index (κ1) is 17.7. The Balaban J connectivity index is 1.95. The van der Waals surface area contributed by atoms with E-state index in [1.807, 2.05) is 32.0 Å². The number of rotatable bonds is 4. The number of nitrogens with one attached hydrogen (secondary N) is 1. The smallest absolute Gasteiger partial charge is 0.267 e. The predicted molar refractivity (Wildman–Crippen MR) is 100 cm³/mol. The minimum atomic E-state index is -1.18. The van der Waals surface area contributed by atoms with E-state index >= 15 is 0 Å². The van der Waals surface area contributed by atoms with Gasteiger partial charge in [-0.05, 0) is 69.2 Å². The summed E-state index contributed by atoms with van der Waals surface area (Å²) in [6, 6.07) is 12.3. The van der Waals surface area contributed by atoms with E-state index in [9.17, 15) is 9.59 Å². The molecule has 26 heavy (non-hydrogen) atoms. The normalized spacial score (nSPS) is 11.4. The molecule has 0 spiro atoms. The van der Waals surface area contributed by atoms with E-state index in [1.165, 1.54) is 17.0 Å². The molecular weight excluding hydrogens is 330 g/mol. The number of anilines is 1. The molecule has 6 heteroatoms. The highest BCUT2D eigenvalue weighted by molar-refractivity contribution is 5.96. The molecule has 1 amide bonds. The third-order valence-electron chi connectivity index (χ3n) is 4.14. The lowest BCUT2D eigenvalue weighted by atomic mass is 10.0. The first-order chi connectivity index (χ1) is 12.3. The fourth-order valence-corrected chi connectivity index (χ4v) is 2.79. The lowest BCUT2D eigenvalue weighted by molar-refractivity contribution is -0.123. The molecule has 0 unspecified atom stereocenters. The maximum absolute atomic E-state index is 12.9. The van der Waals surface area contributed by atoms with Gasteiger partial charge in [0.1, 0.15) is 11.2 Å². The zero-order valence-electron chi connectivity index (χ0n) is 15.2. The molecule has 1 aromatic carbocycles. The third-order valence-corrected chi connectivity index (χ3v) is 4.14. The van der Waals surface area contributed by atoms with Crippen molar-refractivity contribution in [3.05, 3.63) is 70.2 Å². The Morgan fingerprint density at radius 1 is 1.12 bits per heavy atom. The predicted octanol–water partition coefficient (Wildman–Crippen LogP) is 3.49. The number of aromatic nitrogens is 2. The molecule has 1 N–H and O–H groups in total. The van der Waals surface area contributed by atoms with Crippen LogP contribution in [0.5, 0.6) is 0 Å². The van der Waals surface area contributed by atoms with Crippen molar-refractivity contribution >= 4 is 11.6 Å². The van der Waals surface area contributed by atoms with Crippen molar-refractivity contribution in [1.29, 1.82) is 0 Å². The van der Waals surface area contributed by atoms with Gasteiger partial charge in [-0.15, -0.1) is 0 Å². The van der Waals surface area contributed by atoms with Gasteiger partial charge in [-0.3, -0.25) is 9.59 Å². The first-order valence-electron chi connectivity index (χ1n) is 8.32. The van der Waals surface area contributed by atoms with Crippen LogP contribution in [0.2, 0.25) is 0 Å². The number of benzene rings is 1. The van der Waals surface area contributed by atoms with E-state index < -0.39 is 5.54 Å². The molecular formula is C20H21N3O3. The molecule has 0 aliphatic carbocycles. The SMILES string of the molecule is Cc1cc(C)cc(NC(=O)C(C)(C)n2nc(-c3ccco3)ccc2=O)c1. The van der Waals surface area contributed by atoms with Crippen LogP contribution in [0.1, 0.15) is 25.0 Å². The molecule has 0 atom stereocenters. The zero-order chi connectivity index (χ0) is 18.9. The van der Waals surface area contributed by atoms with Crippen molar-refractivity contribution in [3.8, 4) is 11.5 Å². The van der Waals surface area contributed by atoms with Gasteiger partial charge in [-0.25, -0.2) is 4.68 Å². The summed E-state index contributed by atoms with van der Waals surface area (Å²) in [6.07, 6.45) is 1.53. The van der Waals surface area contributed by atoms with Gasteiger partial charge in [-0.1, -0.05) is 6.07 Å². The number of hydrogen-bond donors (Lipinski definition) is 1. The highest BCUT2D eigenvalue weighted by Crippen LogP contribution is 2.21. The fourth-order valence-electron chi connectivity index (χ4n) is 2.79. The summed E-state index contributed by atoms with van der Waals surface area (Å²) in [5.74, 6) is 0.206. The quantitative estimate of drug-likeness (QED) is 0.780. The second-order valence-corrected chi connectivity index (χ2v) is 6.84. The van der Waals surface area contributed by atoms with E-state index in [1.54, 1.807) is 32.0 Å². The number of nitrogens with zero attached hydrogens (tertiary/aromatic N) is 2. The number of furan rings is 1. The van der Waals surface area contributed by atoms with Crippen molar-refractivity contribution in [1.82, 2.24) is 9.78 Å². The van der Waals surface area contributed by atoms with Crippen LogP contribution in [0.25, 0.3) is 11.5 Å². The molecule has 0 fully saturated rings. The minimum Gasteiger partial charge on any atom is -0.463 e. The second-order valence-electron chi connectivity index (χ2n) is 6.84. The summed E-state index contributed by atoms with van der Waals surface area (Å²) in [6.45, 7) is 7.25. The molecule has 0 aliphatic rings. The second kappa shape index (κ2) is 6.63. The van der Waals surface area contributed by atoms with Crippen molar-refractivity contribution in [2.45, 2.75) is 33.2 Å². The zero-order valence-corrected chi connectivity index (χ0v) is 15.2. The summed E-state index contributed by atoms with van der Waals surface area (Å²) in [5.41, 5.74) is 1.73. The van der Waals surface area contributed by atoms with E-state index in [-0.39, 0.29) is 11.5 Å². The van der Waals surface area contributed by atoms with Gasteiger partial charge in [0.2, 0.25) is 0 Å². The van der Waals surface area contributed by atoms with Crippen LogP contribution in [0.4, 0.5) is 5.69 Å². The largest absolute Gasteiger partial charge is 0.463 e. The number of amides is 1. The van der Waals surface area contributed by atoms with Crippen LogP contribution in [0.15, 0.2) is 57.9 Å². The maximum Gasteiger partial charge on any atom is 0.267 e. The average molecular weight is 351 g/mol. The topological polar surface area (TPSA) is 77.1 Å². The van der Waals surface area contributed by atoms with Gasteiger partial charge >= 0.3 is 0 Å². The lowest BCUT2D eigenvalue weighted by Crippen LogP contribution is -2.47. The molecule has 0 bridgehead atoms. The average Bonchev–Trinajstić information content (AvgIpc) is 3.08. The van der Waals surface area contributed by atoms with Crippen molar-refractivity contribution in [3.63, 3.8) is 0 Å². The summed E-state index contributed by atoms with van der Waals surface area (Å²) in [4.78, 5) is 25.2. The summed E-state index contributed by atoms with van der Waals surface area (Å²) in [5, 5.41) is 7.22. The van der Waals surface area contributed by atoms with Crippen molar-refractivity contribution in [2.75, 3.05) is 5.32 Å². The Morgan fingerprint density at radius 2 is 1.81 bits per heavy atom. The molecule has 134 valence electrons. The van der Waals surface area contributed by atoms with Crippen molar-refractivity contribution < 1.29 is 9.21 Å². The van der Waals surface area contributed by atoms with E-state index in [2.05, 4.69) is 10.4 Å². The van der Waals surface area contributed by atoms with Gasteiger partial charge < -0.3 is 9.73 Å². The van der Waals surface area contributed by atoms with Gasteiger partial charge in [0.05, 0.1) is 6.26 Å². The van der Waals surface area contributed by atoms with Gasteiger partial charge in [0.15, 0.2) is 5.76 Å². The molecule has 0 aliphatic heterocycles. The molecule has 6 nitrogen and oxygen atoms in total. The molecule has 3 aromatic rings. The minimum absolute atomic E-state index is 0.325. The maximum atomic E-state index is 12.9. The fraction of sp³-hybridized carbons (Fsp3) is 0.250. The standard InChI is InChI=1S/C20H21N3O3/c1-13-10-14(2)12-15(11-13)21-19(25)20(3,4)23-18(24)8-7-16(22-23)17-6-5-9-26-17/h5-12H,1-4H3,(H,21,25). The Morgan fingerprint density at radius 3 is 2.42 bits per heavy atom. The van der Waals surface area contributed by atoms with Crippen LogP contribution >= 0.6 is 0 Å². The monoisotopic (exact) mass is 351 g/mol. The van der Waals surface area contributed by atoms with Crippen LogP contribution in [0, 0.1) is 13.8 Å². The van der Waals surface area contributed by atoms with Crippen LogP contribution < -0.4 is 10.9 Å². The molecule has 2 aromatic heterocycles. The Hall–Kier alpha value is -3.15. The number of hydrogen-bond acceptors (Lipinski definition) is 4. The van der Waals surface area contributed by atoms with Crippen LogP contribution in [-0.4, -0.2) is 15.7 Å². The van der Waals surface area contributed by atoms with E-state index in [4.69, 9.17) is 4.42 Å². The van der Waals surface area contributed by atoms with E-state index in [0.29, 0.717) is 17.1 Å². The Bertz CT molecular complexity index is 981. The summed E-state index contributed by atoms with van der Waals surface area (Å²) < 4.78 is 6.51. The third kappa shape index (κ3) is 3.44. The van der Waals surface area contributed by atoms with Gasteiger partial charge in [-0.2, -0.15) is 5.10 Å². The number of carbonyl (C=O) groups excluding carboxylic acids is 1. The van der Waals surface area contributed by atoms with Gasteiger partial charge in [0, 0.05) is 11.8 Å². The van der Waals surface area contributed by atoms with E-state index in [0.717, 1.165) is 11.1 Å². The molecule has 3 rings (SSSR count). The first-order valence-corrected chi connectivity index (χ1v) is 8.32. The van der Waals surface area contributed by atoms with Crippen LogP contribution in [0.3, 0.4) is 0 Å². The summed E-state index contributed by atoms with van der Waals surface area (Å²) >= 11 is 0. The summed E-state index contributed by atoms with van der Waals surface area (Å²) in [7, 11) is 0. The van der Waals surface area contributed by atoms with Crippen molar-refractivity contribution in [2.24, 2.45) is 0 Å². The highest BCUT2D eigenvalue weighted by atomic mass is 16.3. The molecule has 0 saturated heterocycles. The molecule has 0 saturated carbocycles. The molecule has 2 heterocycles. The van der Waals surface area contributed by atoms with Gasteiger partial charge in [0.25, 0.3) is 11.5 Å². The van der Waals surface area contributed by atoms with Crippen LogP contribution in [-0.2, 0) is 10.3 Å². The highest BCUT2D eigenvalue weighted by Gasteiger charge is 2.32. The number of aryl methyl sites for hydroxylation is 2. The number of carbonyl (C=O) groups is 1. The lowest BCUT2D eigenvalue weighted by Gasteiger charge is -2.25.